The fourth-order valence-electron chi connectivity index (χ4n) is 3.05. The highest BCUT2D eigenvalue weighted by Gasteiger charge is 2.20. The van der Waals surface area contributed by atoms with Gasteiger partial charge in [0.05, 0.1) is 7.11 Å². The molecule has 5 nitrogen and oxygen atoms in total. The fourth-order valence-corrected chi connectivity index (χ4v) is 3.05. The highest BCUT2D eigenvalue weighted by atomic mass is 16.5. The summed E-state index contributed by atoms with van der Waals surface area (Å²) in [5, 5.41) is 13.0. The van der Waals surface area contributed by atoms with Crippen molar-refractivity contribution in [2.75, 3.05) is 33.3 Å². The third-order valence-corrected chi connectivity index (χ3v) is 4.66. The van der Waals surface area contributed by atoms with Crippen LogP contribution in [0.1, 0.15) is 37.9 Å². The van der Waals surface area contributed by atoms with Crippen molar-refractivity contribution in [3.05, 3.63) is 29.8 Å². The molecule has 0 radical (unpaired) electrons. The van der Waals surface area contributed by atoms with E-state index in [2.05, 4.69) is 17.1 Å². The van der Waals surface area contributed by atoms with Gasteiger partial charge in [0.1, 0.15) is 5.75 Å². The van der Waals surface area contributed by atoms with Gasteiger partial charge in [0.25, 0.3) is 5.91 Å². The number of aliphatic hydroxyl groups is 1. The number of rotatable bonds is 7. The summed E-state index contributed by atoms with van der Waals surface area (Å²) in [7, 11) is 1.56. The van der Waals surface area contributed by atoms with E-state index in [1.807, 2.05) is 0 Å². The smallest absolute Gasteiger partial charge is 0.253 e. The number of benzene rings is 1. The summed E-state index contributed by atoms with van der Waals surface area (Å²) in [4.78, 5) is 14.5. The number of carbonyl (C=O) groups excluding carboxylic acids is 1. The van der Waals surface area contributed by atoms with Gasteiger partial charge in [0.15, 0.2) is 6.10 Å². The summed E-state index contributed by atoms with van der Waals surface area (Å²) < 4.78 is 5.12. The van der Waals surface area contributed by atoms with Gasteiger partial charge in [-0.1, -0.05) is 19.1 Å². The van der Waals surface area contributed by atoms with E-state index in [-0.39, 0.29) is 5.91 Å². The highest BCUT2D eigenvalue weighted by molar-refractivity contribution is 5.81. The molecule has 2 rings (SSSR count). The number of ether oxygens (including phenoxy) is 1. The van der Waals surface area contributed by atoms with Gasteiger partial charge in [-0.3, -0.25) is 4.79 Å². The number of hydrogen-bond donors (Lipinski definition) is 2. The molecule has 1 aromatic rings. The van der Waals surface area contributed by atoms with Crippen LogP contribution in [0.15, 0.2) is 24.3 Å². The fraction of sp³-hybridized carbons (Fsp3) is 0.611. The largest absolute Gasteiger partial charge is 0.497 e. The van der Waals surface area contributed by atoms with Crippen molar-refractivity contribution >= 4 is 5.91 Å². The molecule has 1 amide bonds. The van der Waals surface area contributed by atoms with E-state index in [9.17, 15) is 9.90 Å². The predicted octanol–water partition coefficient (Wildman–Crippen LogP) is 1.97. The van der Waals surface area contributed by atoms with E-state index in [0.717, 1.165) is 26.1 Å². The molecule has 2 N–H and O–H groups in total. The summed E-state index contributed by atoms with van der Waals surface area (Å²) in [6.45, 7) is 6.25. The summed E-state index contributed by atoms with van der Waals surface area (Å²) in [6.07, 6.45) is 2.23. The van der Waals surface area contributed by atoms with Crippen LogP contribution < -0.4 is 10.1 Å². The molecule has 23 heavy (non-hydrogen) atoms. The molecule has 0 aliphatic carbocycles. The lowest BCUT2D eigenvalue weighted by Gasteiger charge is -2.31. The molecular weight excluding hydrogens is 292 g/mol. The molecule has 0 bridgehead atoms. The quantitative estimate of drug-likeness (QED) is 0.806. The number of carbonyl (C=O) groups is 1. The molecule has 1 atom stereocenters. The van der Waals surface area contributed by atoms with Crippen LogP contribution in [0, 0.1) is 5.92 Å². The Kier molecular flexibility index (Phi) is 6.86. The highest BCUT2D eigenvalue weighted by Crippen LogP contribution is 2.21. The van der Waals surface area contributed by atoms with Crippen molar-refractivity contribution in [2.24, 2.45) is 5.92 Å². The van der Waals surface area contributed by atoms with Crippen LogP contribution in [0.4, 0.5) is 0 Å². The Morgan fingerprint density at radius 1 is 1.43 bits per heavy atom. The number of hydrogen-bond acceptors (Lipinski definition) is 4. The first kappa shape index (κ1) is 17.8. The van der Waals surface area contributed by atoms with Crippen molar-refractivity contribution in [1.82, 2.24) is 10.2 Å². The molecule has 1 fully saturated rings. The maximum atomic E-state index is 12.1. The molecule has 1 saturated heterocycles. The first-order chi connectivity index (χ1) is 11.1. The van der Waals surface area contributed by atoms with Gasteiger partial charge in [-0.2, -0.15) is 0 Å². The first-order valence-electron chi connectivity index (χ1n) is 8.46. The van der Waals surface area contributed by atoms with Crippen molar-refractivity contribution in [3.63, 3.8) is 0 Å². The van der Waals surface area contributed by atoms with E-state index in [1.54, 1.807) is 31.4 Å². The molecule has 0 aromatic heterocycles. The standard InChI is InChI=1S/C18H28N2O3/c1-3-20-11-8-14(9-12-20)7-10-19-18(22)17(21)15-5-4-6-16(13-15)23-2/h4-6,13-14,17,21H,3,7-12H2,1-2H3,(H,19,22). The van der Waals surface area contributed by atoms with Gasteiger partial charge in [0, 0.05) is 6.54 Å². The van der Waals surface area contributed by atoms with Crippen LogP contribution >= 0.6 is 0 Å². The number of aliphatic hydroxyl groups excluding tert-OH is 1. The summed E-state index contributed by atoms with van der Waals surface area (Å²) in [5.74, 6) is 0.966. The van der Waals surface area contributed by atoms with Gasteiger partial charge in [-0.05, 0) is 62.5 Å². The minimum absolute atomic E-state index is 0.343. The molecular formula is C18H28N2O3. The molecule has 128 valence electrons. The predicted molar refractivity (Wildman–Crippen MR) is 90.4 cm³/mol. The second-order valence-electron chi connectivity index (χ2n) is 6.14. The maximum Gasteiger partial charge on any atom is 0.253 e. The number of methoxy groups -OCH3 is 1. The Labute approximate surface area is 138 Å². The lowest BCUT2D eigenvalue weighted by atomic mass is 9.93. The first-order valence-corrected chi connectivity index (χ1v) is 8.46. The second-order valence-corrected chi connectivity index (χ2v) is 6.14. The third kappa shape index (κ3) is 5.22. The van der Waals surface area contributed by atoms with Gasteiger partial charge in [0.2, 0.25) is 0 Å². The summed E-state index contributed by atoms with van der Waals surface area (Å²) >= 11 is 0. The molecule has 1 aliphatic rings. The van der Waals surface area contributed by atoms with Crippen molar-refractivity contribution in [3.8, 4) is 5.75 Å². The Bertz CT molecular complexity index is 499. The average molecular weight is 320 g/mol. The lowest BCUT2D eigenvalue weighted by molar-refractivity contribution is -0.129. The molecule has 1 aliphatic heterocycles. The Balaban J connectivity index is 1.74. The molecule has 0 spiro atoms. The van der Waals surface area contributed by atoms with Crippen LogP contribution in [-0.4, -0.2) is 49.2 Å². The topological polar surface area (TPSA) is 61.8 Å². The molecule has 1 heterocycles. The lowest BCUT2D eigenvalue weighted by Crippen LogP contribution is -2.35. The molecule has 1 aromatic carbocycles. The van der Waals surface area contributed by atoms with Crippen LogP contribution in [0.5, 0.6) is 5.75 Å². The number of amides is 1. The Morgan fingerprint density at radius 3 is 2.83 bits per heavy atom. The second kappa shape index (κ2) is 8.89. The summed E-state index contributed by atoms with van der Waals surface area (Å²) in [5.41, 5.74) is 0.554. The molecule has 1 unspecified atom stereocenters. The van der Waals surface area contributed by atoms with E-state index >= 15 is 0 Å². The van der Waals surface area contributed by atoms with Crippen molar-refractivity contribution < 1.29 is 14.6 Å². The third-order valence-electron chi connectivity index (χ3n) is 4.66. The Morgan fingerprint density at radius 2 is 2.17 bits per heavy atom. The average Bonchev–Trinajstić information content (AvgIpc) is 2.61. The van der Waals surface area contributed by atoms with Crippen LogP contribution in [-0.2, 0) is 4.79 Å². The molecule has 5 heteroatoms. The van der Waals surface area contributed by atoms with Gasteiger partial charge < -0.3 is 20.1 Å². The number of nitrogens with zero attached hydrogens (tertiary/aromatic N) is 1. The zero-order valence-electron chi connectivity index (χ0n) is 14.1. The minimum Gasteiger partial charge on any atom is -0.497 e. The van der Waals surface area contributed by atoms with E-state index in [4.69, 9.17) is 4.74 Å². The van der Waals surface area contributed by atoms with Gasteiger partial charge in [-0.15, -0.1) is 0 Å². The molecule has 0 saturated carbocycles. The van der Waals surface area contributed by atoms with E-state index in [0.29, 0.717) is 23.8 Å². The SMILES string of the molecule is CCN1CCC(CCNC(=O)C(O)c2cccc(OC)c2)CC1. The maximum absolute atomic E-state index is 12.1. The monoisotopic (exact) mass is 320 g/mol. The number of likely N-dealkylation sites (tertiary alicyclic amines) is 1. The number of piperidine rings is 1. The van der Waals surface area contributed by atoms with Gasteiger partial charge in [-0.25, -0.2) is 0 Å². The van der Waals surface area contributed by atoms with Crippen molar-refractivity contribution in [1.29, 1.82) is 0 Å². The normalized spacial score (nSPS) is 17.7. The van der Waals surface area contributed by atoms with Crippen LogP contribution in [0.25, 0.3) is 0 Å². The van der Waals surface area contributed by atoms with Crippen molar-refractivity contribution in [2.45, 2.75) is 32.3 Å². The van der Waals surface area contributed by atoms with E-state index < -0.39 is 6.10 Å². The van der Waals surface area contributed by atoms with E-state index in [1.165, 1.54) is 12.8 Å². The van der Waals surface area contributed by atoms with Crippen LogP contribution in [0.2, 0.25) is 0 Å². The van der Waals surface area contributed by atoms with Gasteiger partial charge >= 0.3 is 0 Å². The minimum atomic E-state index is -1.15. The Hall–Kier alpha value is -1.59. The zero-order valence-corrected chi connectivity index (χ0v) is 14.1. The van der Waals surface area contributed by atoms with Crippen LogP contribution in [0.3, 0.4) is 0 Å². The number of nitrogens with one attached hydrogen (secondary N) is 1. The summed E-state index contributed by atoms with van der Waals surface area (Å²) in [6, 6.07) is 6.97. The zero-order chi connectivity index (χ0) is 16.7.